The van der Waals surface area contributed by atoms with Crippen LogP contribution < -0.4 is 15.8 Å². The van der Waals surface area contributed by atoms with Crippen molar-refractivity contribution in [3.05, 3.63) is 70.3 Å². The van der Waals surface area contributed by atoms with Crippen LogP contribution in [0.5, 0.6) is 11.5 Å². The van der Waals surface area contributed by atoms with Gasteiger partial charge in [0, 0.05) is 22.2 Å². The Labute approximate surface area is 224 Å². The summed E-state index contributed by atoms with van der Waals surface area (Å²) in [7, 11) is -10.1. The van der Waals surface area contributed by atoms with Crippen molar-refractivity contribution in [3.8, 4) is 11.5 Å². The fraction of sp³-hybridized carbons (Fsp3) is 0.269. The van der Waals surface area contributed by atoms with Crippen LogP contribution in [-0.2, 0) is 30.6 Å². The Kier molecular flexibility index (Phi) is 5.07. The van der Waals surface area contributed by atoms with Crippen molar-refractivity contribution in [2.45, 2.75) is 54.0 Å². The van der Waals surface area contributed by atoms with Gasteiger partial charge in [-0.05, 0) is 56.0 Å². The molecule has 3 heterocycles. The van der Waals surface area contributed by atoms with Crippen LogP contribution in [-0.4, -0.2) is 37.4 Å². The van der Waals surface area contributed by atoms with Gasteiger partial charge in [-0.1, -0.05) is 25.1 Å². The Morgan fingerprint density at radius 2 is 1.59 bits per heavy atom. The summed E-state index contributed by atoms with van der Waals surface area (Å²) in [6.07, 6.45) is 0.605. The molecule has 204 valence electrons. The number of carbonyl (C=O) groups excluding carboxylic acids is 1. The number of hydrogen-bond donors (Lipinski definition) is 4. The maximum atomic E-state index is 13.2. The molecule has 11 nitrogen and oxygen atoms in total. The predicted octanol–water partition coefficient (Wildman–Crippen LogP) is 4.03. The number of nitrogens with two attached hydrogens (primary N) is 1. The number of ether oxygens (including phenoxy) is 2. The summed E-state index contributed by atoms with van der Waals surface area (Å²) in [5, 5.41) is 3.16. The van der Waals surface area contributed by atoms with Gasteiger partial charge in [0.2, 0.25) is 0 Å². The highest BCUT2D eigenvalue weighted by Crippen LogP contribution is 2.61. The molecule has 5 N–H and O–H groups in total. The molecule has 0 aliphatic carbocycles. The molecule has 3 aliphatic heterocycles. The summed E-state index contributed by atoms with van der Waals surface area (Å²) in [5.41, 5.74) is 4.23. The number of nitrogens with one attached hydrogen (secondary N) is 1. The Balaban J connectivity index is 1.84. The van der Waals surface area contributed by atoms with E-state index >= 15 is 0 Å². The van der Waals surface area contributed by atoms with Crippen LogP contribution in [0.1, 0.15) is 65.7 Å². The van der Waals surface area contributed by atoms with E-state index in [1.165, 1.54) is 18.2 Å². The molecule has 3 aliphatic rings. The van der Waals surface area contributed by atoms with Gasteiger partial charge in [0.25, 0.3) is 20.2 Å². The third-order valence-corrected chi connectivity index (χ3v) is 9.31. The van der Waals surface area contributed by atoms with Crippen molar-refractivity contribution in [3.63, 3.8) is 0 Å². The lowest BCUT2D eigenvalue weighted by Crippen LogP contribution is -2.39. The Morgan fingerprint density at radius 3 is 2.26 bits per heavy atom. The van der Waals surface area contributed by atoms with Gasteiger partial charge in [0.1, 0.15) is 0 Å². The highest BCUT2D eigenvalue weighted by atomic mass is 32.2. The van der Waals surface area contributed by atoms with Crippen LogP contribution in [0.3, 0.4) is 0 Å². The Morgan fingerprint density at radius 1 is 0.949 bits per heavy atom. The smallest absolute Gasteiger partial charge is 0.340 e. The van der Waals surface area contributed by atoms with E-state index in [4.69, 9.17) is 15.2 Å². The second-order valence-corrected chi connectivity index (χ2v) is 13.4. The van der Waals surface area contributed by atoms with E-state index in [0.29, 0.717) is 17.5 Å². The highest BCUT2D eigenvalue weighted by Gasteiger charge is 2.56. The van der Waals surface area contributed by atoms with Gasteiger partial charge in [0.05, 0.1) is 16.9 Å². The van der Waals surface area contributed by atoms with E-state index in [1.807, 2.05) is 20.8 Å². The Bertz CT molecular complexity index is 1850. The first-order valence-corrected chi connectivity index (χ1v) is 14.8. The molecular formula is C26H24N2O9S2. The fourth-order valence-corrected chi connectivity index (χ4v) is 7.70. The second kappa shape index (κ2) is 7.72. The number of esters is 1. The van der Waals surface area contributed by atoms with Gasteiger partial charge < -0.3 is 20.5 Å². The third-order valence-electron chi connectivity index (χ3n) is 7.47. The monoisotopic (exact) mass is 572 g/mol. The van der Waals surface area contributed by atoms with Gasteiger partial charge in [-0.2, -0.15) is 16.8 Å². The van der Waals surface area contributed by atoms with Crippen molar-refractivity contribution in [2.75, 3.05) is 11.1 Å². The third kappa shape index (κ3) is 3.50. The van der Waals surface area contributed by atoms with E-state index in [1.54, 1.807) is 24.3 Å². The van der Waals surface area contributed by atoms with Gasteiger partial charge in [-0.3, -0.25) is 9.11 Å². The molecule has 2 atom stereocenters. The first-order chi connectivity index (χ1) is 18.1. The normalized spacial score (nSPS) is 22.6. The van der Waals surface area contributed by atoms with Crippen molar-refractivity contribution in [1.29, 1.82) is 0 Å². The molecule has 0 fully saturated rings. The summed E-state index contributed by atoms with van der Waals surface area (Å²) in [5.74, 6) is -1.93. The minimum atomic E-state index is -5.03. The van der Waals surface area contributed by atoms with E-state index in [0.717, 1.165) is 0 Å². The predicted molar refractivity (Wildman–Crippen MR) is 139 cm³/mol. The molecule has 0 aromatic heterocycles. The summed E-state index contributed by atoms with van der Waals surface area (Å²) in [4.78, 5) is 11.7. The second-order valence-electron chi connectivity index (χ2n) is 10.7. The number of nitrogen functional groups attached to an aromatic ring is 1. The van der Waals surface area contributed by atoms with Crippen LogP contribution >= 0.6 is 0 Å². The topological polar surface area (TPSA) is 182 Å². The summed E-state index contributed by atoms with van der Waals surface area (Å²) < 4.78 is 83.6. The number of carbonyl (C=O) groups is 1. The van der Waals surface area contributed by atoms with Crippen molar-refractivity contribution < 1.29 is 40.2 Å². The SMILES string of the molecule is CC1CC(C)(C)Nc2c1cc1c(c2S(=O)(=O)O)Oc2c(ccc(N)c2S(=O)(=O)O)C12OC(=O)c1ccccc12. The first-order valence-electron chi connectivity index (χ1n) is 11.9. The number of anilines is 2. The Hall–Kier alpha value is -3.65. The van der Waals surface area contributed by atoms with E-state index < -0.39 is 58.6 Å². The molecule has 39 heavy (non-hydrogen) atoms. The molecular weight excluding hydrogens is 548 g/mol. The minimum absolute atomic E-state index is 0.00751. The minimum Gasteiger partial charge on any atom is -0.453 e. The molecule has 0 saturated heterocycles. The van der Waals surface area contributed by atoms with Crippen molar-refractivity contribution >= 4 is 37.6 Å². The average molecular weight is 573 g/mol. The summed E-state index contributed by atoms with van der Waals surface area (Å²) in [6, 6.07) is 10.7. The standard InChI is InChI=1S/C26H24N2O9S2/c1-12-11-25(2,3)28-19-14(12)10-17-21(23(19)39(33,34)35)36-20-16(8-9-18(27)22(20)38(30,31)32)26(17)15-7-5-4-6-13(15)24(29)37-26/h4-10,12,28H,11,27H2,1-3H3,(H,30,31,32)(H,33,34,35). The molecule has 2 unspecified atom stereocenters. The molecule has 3 aromatic carbocycles. The summed E-state index contributed by atoms with van der Waals surface area (Å²) >= 11 is 0. The van der Waals surface area contributed by atoms with E-state index in [-0.39, 0.29) is 34.0 Å². The number of benzene rings is 3. The molecule has 1 spiro atoms. The molecule has 6 rings (SSSR count). The molecule has 0 saturated carbocycles. The molecule has 13 heteroatoms. The number of fused-ring (bicyclic) bond motifs is 7. The molecule has 0 bridgehead atoms. The van der Waals surface area contributed by atoms with Crippen LogP contribution in [0.25, 0.3) is 0 Å². The quantitative estimate of drug-likeness (QED) is 0.198. The van der Waals surface area contributed by atoms with Crippen LogP contribution in [0, 0.1) is 0 Å². The lowest BCUT2D eigenvalue weighted by Gasteiger charge is -2.42. The van der Waals surface area contributed by atoms with Crippen LogP contribution in [0.2, 0.25) is 0 Å². The van der Waals surface area contributed by atoms with Gasteiger partial charge in [-0.15, -0.1) is 0 Å². The molecule has 0 radical (unpaired) electrons. The zero-order valence-corrected chi connectivity index (χ0v) is 22.6. The van der Waals surface area contributed by atoms with Gasteiger partial charge in [-0.25, -0.2) is 4.79 Å². The van der Waals surface area contributed by atoms with Crippen molar-refractivity contribution in [1.82, 2.24) is 0 Å². The van der Waals surface area contributed by atoms with Crippen molar-refractivity contribution in [2.24, 2.45) is 0 Å². The van der Waals surface area contributed by atoms with E-state index in [2.05, 4.69) is 5.32 Å². The maximum Gasteiger partial charge on any atom is 0.340 e. The van der Waals surface area contributed by atoms with E-state index in [9.17, 15) is 30.7 Å². The summed E-state index contributed by atoms with van der Waals surface area (Å²) in [6.45, 7) is 5.63. The largest absolute Gasteiger partial charge is 0.453 e. The lowest BCUT2D eigenvalue weighted by molar-refractivity contribution is 0.0221. The average Bonchev–Trinajstić information content (AvgIpc) is 3.09. The fourth-order valence-electron chi connectivity index (χ4n) is 6.14. The zero-order chi connectivity index (χ0) is 28.3. The van der Waals surface area contributed by atoms with Gasteiger partial charge in [0.15, 0.2) is 26.9 Å². The number of rotatable bonds is 2. The first kappa shape index (κ1) is 25.6. The zero-order valence-electron chi connectivity index (χ0n) is 21.0. The number of hydrogen-bond acceptors (Lipinski definition) is 9. The molecule has 0 amide bonds. The van der Waals surface area contributed by atoms with Crippen LogP contribution in [0.15, 0.2) is 52.3 Å². The maximum absolute atomic E-state index is 13.2. The lowest BCUT2D eigenvalue weighted by atomic mass is 9.74. The molecule has 3 aromatic rings. The van der Waals surface area contributed by atoms with Gasteiger partial charge >= 0.3 is 5.97 Å². The highest BCUT2D eigenvalue weighted by molar-refractivity contribution is 7.86. The van der Waals surface area contributed by atoms with Crippen LogP contribution in [0.4, 0.5) is 11.4 Å².